The van der Waals surface area contributed by atoms with E-state index in [1.165, 1.54) is 6.92 Å². The van der Waals surface area contributed by atoms with Crippen LogP contribution in [0.2, 0.25) is 0 Å². The Morgan fingerprint density at radius 3 is 2.71 bits per heavy atom. The van der Waals surface area contributed by atoms with Crippen LogP contribution >= 0.6 is 0 Å². The normalized spacial score (nSPS) is 10.0. The zero-order valence-corrected chi connectivity index (χ0v) is 12.9. The predicted molar refractivity (Wildman–Crippen MR) is 82.2 cm³/mol. The number of ether oxygens (including phenoxy) is 1. The second-order valence-corrected chi connectivity index (χ2v) is 4.83. The topological polar surface area (TPSA) is 117 Å². The van der Waals surface area contributed by atoms with E-state index in [-0.39, 0.29) is 37.0 Å². The van der Waals surface area contributed by atoms with Crippen molar-refractivity contribution >= 4 is 17.9 Å². The molecule has 2 rings (SSSR count). The van der Waals surface area contributed by atoms with Crippen LogP contribution in [0.25, 0.3) is 0 Å². The number of carbonyl (C=O) groups is 2. The van der Waals surface area contributed by atoms with Crippen molar-refractivity contribution < 1.29 is 23.8 Å². The van der Waals surface area contributed by atoms with Gasteiger partial charge in [0, 0.05) is 13.5 Å². The summed E-state index contributed by atoms with van der Waals surface area (Å²) in [5.74, 6) is -1.02. The van der Waals surface area contributed by atoms with Crippen molar-refractivity contribution in [2.24, 2.45) is 0 Å². The maximum Gasteiger partial charge on any atom is 0.417 e. The molecule has 0 unspecified atom stereocenters. The molecule has 0 atom stereocenters. The van der Waals surface area contributed by atoms with Crippen molar-refractivity contribution in [3.05, 3.63) is 47.5 Å². The molecular weight excluding hydrogens is 314 g/mol. The van der Waals surface area contributed by atoms with Crippen molar-refractivity contribution in [2.45, 2.75) is 20.0 Å². The first-order valence-electron chi connectivity index (χ1n) is 7.08. The molecule has 24 heavy (non-hydrogen) atoms. The third-order valence-electron chi connectivity index (χ3n) is 3.04. The molecule has 8 heteroatoms. The Labute approximate surface area is 137 Å². The lowest BCUT2D eigenvalue weighted by Crippen LogP contribution is -2.33. The molecule has 0 saturated heterocycles. The number of amides is 1. The zero-order chi connectivity index (χ0) is 17.5. The lowest BCUT2D eigenvalue weighted by Gasteiger charge is -2.18. The standard InChI is InChI=1S/C16H15N3O5/c1-11-18-13(9-17)15(24-11)19(8-7-14(20)21)16(22)23-10-12-5-3-2-4-6-12/h2-6H,7-8,10H2,1H3,(H,20,21). The number of aryl methyl sites for hydroxylation is 1. The summed E-state index contributed by atoms with van der Waals surface area (Å²) in [7, 11) is 0. The van der Waals surface area contributed by atoms with E-state index in [4.69, 9.17) is 19.5 Å². The number of carboxylic acid groups (broad SMARTS) is 1. The van der Waals surface area contributed by atoms with Crippen molar-refractivity contribution in [1.29, 1.82) is 5.26 Å². The molecular formula is C16H15N3O5. The van der Waals surface area contributed by atoms with E-state index < -0.39 is 12.1 Å². The van der Waals surface area contributed by atoms with Gasteiger partial charge in [0.25, 0.3) is 0 Å². The predicted octanol–water partition coefficient (Wildman–Crippen LogP) is 2.47. The molecule has 0 radical (unpaired) electrons. The number of nitriles is 1. The Bertz CT molecular complexity index is 764. The van der Waals surface area contributed by atoms with E-state index in [2.05, 4.69) is 4.98 Å². The summed E-state index contributed by atoms with van der Waals surface area (Å²) in [4.78, 5) is 27.9. The highest BCUT2D eigenvalue weighted by atomic mass is 16.6. The number of carbonyl (C=O) groups excluding carboxylic acids is 1. The van der Waals surface area contributed by atoms with Gasteiger partial charge in [-0.1, -0.05) is 30.3 Å². The van der Waals surface area contributed by atoms with Crippen LogP contribution in [-0.4, -0.2) is 28.7 Å². The number of anilines is 1. The molecule has 1 aromatic carbocycles. The molecule has 1 N–H and O–H groups in total. The van der Waals surface area contributed by atoms with Crippen LogP contribution in [0, 0.1) is 18.3 Å². The van der Waals surface area contributed by atoms with Crippen LogP contribution in [0.4, 0.5) is 10.7 Å². The van der Waals surface area contributed by atoms with E-state index in [0.29, 0.717) is 0 Å². The van der Waals surface area contributed by atoms with Crippen LogP contribution in [0.3, 0.4) is 0 Å². The molecule has 0 bridgehead atoms. The Hall–Kier alpha value is -3.34. The van der Waals surface area contributed by atoms with E-state index in [1.807, 2.05) is 12.1 Å². The minimum atomic E-state index is -1.09. The number of benzene rings is 1. The third-order valence-corrected chi connectivity index (χ3v) is 3.04. The summed E-state index contributed by atoms with van der Waals surface area (Å²) in [6.07, 6.45) is -1.14. The van der Waals surface area contributed by atoms with Crippen molar-refractivity contribution in [3.8, 4) is 6.07 Å². The highest BCUT2D eigenvalue weighted by Gasteiger charge is 2.26. The number of nitrogens with zero attached hydrogens (tertiary/aromatic N) is 3. The second-order valence-electron chi connectivity index (χ2n) is 4.83. The monoisotopic (exact) mass is 329 g/mol. The second kappa shape index (κ2) is 7.78. The molecule has 1 aromatic heterocycles. The Morgan fingerprint density at radius 1 is 1.38 bits per heavy atom. The van der Waals surface area contributed by atoms with Gasteiger partial charge in [0.15, 0.2) is 5.89 Å². The molecule has 0 aliphatic heterocycles. The van der Waals surface area contributed by atoms with Crippen LogP contribution < -0.4 is 4.90 Å². The molecule has 0 aliphatic carbocycles. The fourth-order valence-electron chi connectivity index (χ4n) is 1.95. The molecule has 0 saturated carbocycles. The van der Waals surface area contributed by atoms with Crippen molar-refractivity contribution in [2.75, 3.05) is 11.4 Å². The Morgan fingerprint density at radius 2 is 2.08 bits per heavy atom. The molecule has 124 valence electrons. The number of hydrogen-bond donors (Lipinski definition) is 1. The van der Waals surface area contributed by atoms with Gasteiger partial charge in [-0.15, -0.1) is 0 Å². The van der Waals surface area contributed by atoms with Crippen LogP contribution in [0.5, 0.6) is 0 Å². The first-order chi connectivity index (χ1) is 11.5. The minimum absolute atomic E-state index is 0.0122. The van der Waals surface area contributed by atoms with Crippen molar-refractivity contribution in [3.63, 3.8) is 0 Å². The summed E-state index contributed by atoms with van der Waals surface area (Å²) < 4.78 is 10.5. The van der Waals surface area contributed by atoms with Gasteiger partial charge in [0.1, 0.15) is 12.7 Å². The average molecular weight is 329 g/mol. The zero-order valence-electron chi connectivity index (χ0n) is 12.9. The number of carboxylic acids is 1. The quantitative estimate of drug-likeness (QED) is 0.865. The average Bonchev–Trinajstić information content (AvgIpc) is 2.94. The summed E-state index contributed by atoms with van der Waals surface area (Å²) >= 11 is 0. The summed E-state index contributed by atoms with van der Waals surface area (Å²) in [5, 5.41) is 17.9. The molecule has 0 fully saturated rings. The number of rotatable bonds is 6. The molecule has 8 nitrogen and oxygen atoms in total. The SMILES string of the molecule is Cc1nc(C#N)c(N(CCC(=O)O)C(=O)OCc2ccccc2)o1. The van der Waals surface area contributed by atoms with Crippen LogP contribution in [0.15, 0.2) is 34.7 Å². The molecule has 0 aliphatic rings. The summed E-state index contributed by atoms with van der Waals surface area (Å²) in [6.45, 7) is 1.33. The fourth-order valence-corrected chi connectivity index (χ4v) is 1.95. The van der Waals surface area contributed by atoms with Crippen molar-refractivity contribution in [1.82, 2.24) is 4.98 Å². The van der Waals surface area contributed by atoms with Gasteiger partial charge in [0.05, 0.1) is 6.42 Å². The van der Waals surface area contributed by atoms with Gasteiger partial charge in [-0.05, 0) is 5.56 Å². The first-order valence-corrected chi connectivity index (χ1v) is 7.08. The molecule has 0 spiro atoms. The highest BCUT2D eigenvalue weighted by Crippen LogP contribution is 2.22. The van der Waals surface area contributed by atoms with Gasteiger partial charge in [0.2, 0.25) is 11.6 Å². The molecule has 1 amide bonds. The molecule has 1 heterocycles. The molecule has 2 aromatic rings. The van der Waals surface area contributed by atoms with Gasteiger partial charge in [-0.2, -0.15) is 5.26 Å². The van der Waals surface area contributed by atoms with Crippen LogP contribution in [0.1, 0.15) is 23.6 Å². The smallest absolute Gasteiger partial charge is 0.417 e. The fraction of sp³-hybridized carbons (Fsp3) is 0.250. The largest absolute Gasteiger partial charge is 0.481 e. The van der Waals surface area contributed by atoms with Gasteiger partial charge >= 0.3 is 12.1 Å². The maximum absolute atomic E-state index is 12.3. The Kier molecular flexibility index (Phi) is 5.52. The Balaban J connectivity index is 2.17. The van der Waals surface area contributed by atoms with E-state index in [0.717, 1.165) is 10.5 Å². The number of aromatic nitrogens is 1. The number of aliphatic carboxylic acids is 1. The van der Waals surface area contributed by atoms with E-state index in [9.17, 15) is 9.59 Å². The van der Waals surface area contributed by atoms with Gasteiger partial charge in [-0.3, -0.25) is 4.79 Å². The first kappa shape index (κ1) is 17.0. The summed E-state index contributed by atoms with van der Waals surface area (Å²) in [6, 6.07) is 10.8. The third kappa shape index (κ3) is 4.33. The number of hydrogen-bond acceptors (Lipinski definition) is 6. The lowest BCUT2D eigenvalue weighted by molar-refractivity contribution is -0.136. The van der Waals surface area contributed by atoms with E-state index in [1.54, 1.807) is 24.3 Å². The van der Waals surface area contributed by atoms with Crippen LogP contribution in [-0.2, 0) is 16.1 Å². The lowest BCUT2D eigenvalue weighted by atomic mass is 10.2. The number of oxazole rings is 1. The van der Waals surface area contributed by atoms with Gasteiger partial charge < -0.3 is 14.3 Å². The van der Waals surface area contributed by atoms with Gasteiger partial charge in [-0.25, -0.2) is 14.7 Å². The highest BCUT2D eigenvalue weighted by molar-refractivity contribution is 5.87. The van der Waals surface area contributed by atoms with E-state index >= 15 is 0 Å². The summed E-state index contributed by atoms with van der Waals surface area (Å²) in [5.41, 5.74) is 0.674. The maximum atomic E-state index is 12.3. The minimum Gasteiger partial charge on any atom is -0.481 e.